The molecule has 14 heavy (non-hydrogen) atoms. The molecule has 1 aliphatic rings. The van der Waals surface area contributed by atoms with Crippen molar-refractivity contribution in [3.8, 4) is 0 Å². The average Bonchev–Trinajstić information content (AvgIpc) is 2.61. The molecule has 0 bridgehead atoms. The van der Waals surface area contributed by atoms with E-state index < -0.39 is 0 Å². The summed E-state index contributed by atoms with van der Waals surface area (Å²) >= 11 is 5.97. The SMILES string of the molecule is Cl.Fc1ccc(Cl)c(C2CCCN2)c1. The van der Waals surface area contributed by atoms with Gasteiger partial charge in [0.2, 0.25) is 0 Å². The maximum absolute atomic E-state index is 12.9. The highest BCUT2D eigenvalue weighted by molar-refractivity contribution is 6.31. The monoisotopic (exact) mass is 235 g/mol. The number of nitrogens with one attached hydrogen (secondary N) is 1. The molecule has 1 unspecified atom stereocenters. The molecule has 1 aromatic carbocycles. The molecule has 0 amide bonds. The molecule has 0 aliphatic carbocycles. The fourth-order valence-corrected chi connectivity index (χ4v) is 1.98. The van der Waals surface area contributed by atoms with Gasteiger partial charge in [0.15, 0.2) is 0 Å². The third-order valence-corrected chi connectivity index (χ3v) is 2.74. The van der Waals surface area contributed by atoms with Crippen molar-refractivity contribution in [3.05, 3.63) is 34.6 Å². The number of rotatable bonds is 1. The van der Waals surface area contributed by atoms with Crippen molar-refractivity contribution in [2.75, 3.05) is 6.54 Å². The van der Waals surface area contributed by atoms with Crippen LogP contribution in [-0.4, -0.2) is 6.54 Å². The molecular weight excluding hydrogens is 224 g/mol. The highest BCUT2D eigenvalue weighted by Crippen LogP contribution is 2.29. The summed E-state index contributed by atoms with van der Waals surface area (Å²) in [4.78, 5) is 0. The Hall–Kier alpha value is -0.310. The number of hydrogen-bond donors (Lipinski definition) is 1. The topological polar surface area (TPSA) is 12.0 Å². The van der Waals surface area contributed by atoms with Gasteiger partial charge in [-0.2, -0.15) is 0 Å². The second kappa shape index (κ2) is 4.96. The van der Waals surface area contributed by atoms with Gasteiger partial charge in [-0.25, -0.2) is 4.39 Å². The molecule has 0 aromatic heterocycles. The summed E-state index contributed by atoms with van der Waals surface area (Å²) in [6.45, 7) is 0.998. The van der Waals surface area contributed by atoms with Crippen LogP contribution >= 0.6 is 24.0 Å². The van der Waals surface area contributed by atoms with Crippen LogP contribution in [0, 0.1) is 5.82 Å². The van der Waals surface area contributed by atoms with E-state index in [1.54, 1.807) is 6.07 Å². The minimum absolute atomic E-state index is 0. The van der Waals surface area contributed by atoms with Crippen molar-refractivity contribution in [1.82, 2.24) is 5.32 Å². The van der Waals surface area contributed by atoms with E-state index in [9.17, 15) is 4.39 Å². The Labute approximate surface area is 94.1 Å². The molecule has 78 valence electrons. The maximum Gasteiger partial charge on any atom is 0.123 e. The zero-order valence-corrected chi connectivity index (χ0v) is 9.17. The van der Waals surface area contributed by atoms with E-state index in [1.807, 2.05) is 0 Å². The minimum atomic E-state index is -0.215. The quantitative estimate of drug-likeness (QED) is 0.788. The molecule has 1 heterocycles. The number of hydrogen-bond acceptors (Lipinski definition) is 1. The first kappa shape index (κ1) is 11.8. The average molecular weight is 236 g/mol. The summed E-state index contributed by atoms with van der Waals surface area (Å²) < 4.78 is 12.9. The highest BCUT2D eigenvalue weighted by Gasteiger charge is 2.18. The van der Waals surface area contributed by atoms with Gasteiger partial charge in [-0.15, -0.1) is 12.4 Å². The molecule has 0 spiro atoms. The summed E-state index contributed by atoms with van der Waals surface area (Å²) in [5, 5.41) is 3.94. The molecular formula is C10H12Cl2FN. The van der Waals surface area contributed by atoms with Crippen LogP contribution < -0.4 is 5.32 Å². The van der Waals surface area contributed by atoms with Gasteiger partial charge in [0, 0.05) is 11.1 Å². The molecule has 4 heteroatoms. The fourth-order valence-electron chi connectivity index (χ4n) is 1.73. The normalized spacial score (nSPS) is 20.6. The first-order chi connectivity index (χ1) is 6.27. The molecule has 1 fully saturated rings. The van der Waals surface area contributed by atoms with Gasteiger partial charge in [-0.05, 0) is 43.1 Å². The minimum Gasteiger partial charge on any atom is -0.310 e. The Morgan fingerprint density at radius 2 is 2.21 bits per heavy atom. The predicted octanol–water partition coefficient (Wildman–Crippen LogP) is 3.33. The van der Waals surface area contributed by atoms with Gasteiger partial charge in [0.05, 0.1) is 0 Å². The van der Waals surface area contributed by atoms with E-state index in [-0.39, 0.29) is 24.3 Å². The van der Waals surface area contributed by atoms with Gasteiger partial charge >= 0.3 is 0 Å². The molecule has 1 saturated heterocycles. The van der Waals surface area contributed by atoms with Crippen LogP contribution in [0.4, 0.5) is 4.39 Å². The van der Waals surface area contributed by atoms with Crippen LogP contribution in [0.1, 0.15) is 24.4 Å². The van der Waals surface area contributed by atoms with Crippen LogP contribution in [0.25, 0.3) is 0 Å². The van der Waals surface area contributed by atoms with Crippen molar-refractivity contribution in [2.24, 2.45) is 0 Å². The lowest BCUT2D eigenvalue weighted by Crippen LogP contribution is -2.13. The number of benzene rings is 1. The standard InChI is InChI=1S/C10H11ClFN.ClH/c11-9-4-3-7(12)6-8(9)10-2-1-5-13-10;/h3-4,6,10,13H,1-2,5H2;1H. The van der Waals surface area contributed by atoms with E-state index in [0.717, 1.165) is 24.9 Å². The van der Waals surface area contributed by atoms with Crippen LogP contribution in [0.2, 0.25) is 5.02 Å². The Kier molecular flexibility index (Phi) is 4.17. The van der Waals surface area contributed by atoms with Crippen molar-refractivity contribution < 1.29 is 4.39 Å². The van der Waals surface area contributed by atoms with Crippen molar-refractivity contribution in [1.29, 1.82) is 0 Å². The van der Waals surface area contributed by atoms with Crippen LogP contribution in [-0.2, 0) is 0 Å². The second-order valence-corrected chi connectivity index (χ2v) is 3.72. The van der Waals surface area contributed by atoms with Crippen LogP contribution in [0.3, 0.4) is 0 Å². The third kappa shape index (κ3) is 2.38. The van der Waals surface area contributed by atoms with Gasteiger partial charge in [0.1, 0.15) is 5.82 Å². The Morgan fingerprint density at radius 1 is 1.43 bits per heavy atom. The molecule has 1 N–H and O–H groups in total. The lowest BCUT2D eigenvalue weighted by molar-refractivity contribution is 0.607. The van der Waals surface area contributed by atoms with Crippen molar-refractivity contribution in [3.63, 3.8) is 0 Å². The van der Waals surface area contributed by atoms with Gasteiger partial charge in [-0.1, -0.05) is 11.6 Å². The molecule has 1 nitrogen and oxygen atoms in total. The summed E-state index contributed by atoms with van der Waals surface area (Å²) in [7, 11) is 0. The van der Waals surface area contributed by atoms with E-state index in [0.29, 0.717) is 5.02 Å². The Balaban J connectivity index is 0.000000980. The molecule has 1 atom stereocenters. The smallest absolute Gasteiger partial charge is 0.123 e. The lowest BCUT2D eigenvalue weighted by Gasteiger charge is -2.12. The molecule has 1 aromatic rings. The van der Waals surface area contributed by atoms with E-state index in [1.165, 1.54) is 12.1 Å². The highest BCUT2D eigenvalue weighted by atomic mass is 35.5. The van der Waals surface area contributed by atoms with E-state index in [2.05, 4.69) is 5.32 Å². The third-order valence-electron chi connectivity index (χ3n) is 2.39. The van der Waals surface area contributed by atoms with Crippen molar-refractivity contribution in [2.45, 2.75) is 18.9 Å². The summed E-state index contributed by atoms with van der Waals surface area (Å²) in [6, 6.07) is 4.77. The maximum atomic E-state index is 12.9. The van der Waals surface area contributed by atoms with Gasteiger partial charge in [-0.3, -0.25) is 0 Å². The predicted molar refractivity (Wildman–Crippen MR) is 58.6 cm³/mol. The largest absolute Gasteiger partial charge is 0.310 e. The van der Waals surface area contributed by atoms with Crippen molar-refractivity contribution >= 4 is 24.0 Å². The lowest BCUT2D eigenvalue weighted by atomic mass is 10.1. The van der Waals surface area contributed by atoms with E-state index >= 15 is 0 Å². The first-order valence-electron chi connectivity index (χ1n) is 4.46. The summed E-state index contributed by atoms with van der Waals surface area (Å²) in [6.07, 6.45) is 2.18. The summed E-state index contributed by atoms with van der Waals surface area (Å²) in [5.74, 6) is -0.215. The Morgan fingerprint density at radius 3 is 2.86 bits per heavy atom. The van der Waals surface area contributed by atoms with Gasteiger partial charge in [0.25, 0.3) is 0 Å². The molecule has 0 radical (unpaired) electrons. The summed E-state index contributed by atoms with van der Waals surface area (Å²) in [5.41, 5.74) is 0.888. The Bertz CT molecular complexity index is 311. The molecule has 0 saturated carbocycles. The van der Waals surface area contributed by atoms with Crippen LogP contribution in [0.15, 0.2) is 18.2 Å². The zero-order chi connectivity index (χ0) is 9.26. The number of halogens is 3. The van der Waals surface area contributed by atoms with Gasteiger partial charge < -0.3 is 5.32 Å². The second-order valence-electron chi connectivity index (χ2n) is 3.31. The fraction of sp³-hybridized carbons (Fsp3) is 0.400. The first-order valence-corrected chi connectivity index (χ1v) is 4.83. The zero-order valence-electron chi connectivity index (χ0n) is 7.59. The molecule has 1 aliphatic heterocycles. The van der Waals surface area contributed by atoms with E-state index in [4.69, 9.17) is 11.6 Å². The van der Waals surface area contributed by atoms with Crippen LogP contribution in [0.5, 0.6) is 0 Å². The molecule has 2 rings (SSSR count).